The van der Waals surface area contributed by atoms with Crippen LogP contribution in [0, 0.1) is 5.82 Å². The van der Waals surface area contributed by atoms with Crippen molar-refractivity contribution in [2.75, 3.05) is 24.6 Å². The van der Waals surface area contributed by atoms with Gasteiger partial charge in [0, 0.05) is 19.0 Å². The van der Waals surface area contributed by atoms with E-state index in [2.05, 4.69) is 5.32 Å². The van der Waals surface area contributed by atoms with Crippen LogP contribution in [-0.2, 0) is 32.6 Å². The molecular weight excluding hydrogens is 658 g/mol. The number of hydrogen-bond acceptors (Lipinski definition) is 6. The number of nitrogens with zero attached hydrogens (tertiary/aromatic N) is 2. The normalized spacial score (nSPS) is 14.0. The van der Waals surface area contributed by atoms with E-state index in [4.69, 9.17) is 9.47 Å². The summed E-state index contributed by atoms with van der Waals surface area (Å²) in [5, 5.41) is 3.20. The molecule has 4 aromatic rings. The first-order valence-electron chi connectivity index (χ1n) is 17.0. The van der Waals surface area contributed by atoms with Crippen molar-refractivity contribution >= 4 is 27.5 Å². The first kappa shape index (κ1) is 36.4. The van der Waals surface area contributed by atoms with Crippen molar-refractivity contribution in [2.24, 2.45) is 0 Å². The molecule has 0 bridgehead atoms. The van der Waals surface area contributed by atoms with Gasteiger partial charge < -0.3 is 19.7 Å². The molecule has 1 fully saturated rings. The number of sulfonamides is 1. The number of rotatable bonds is 15. The third kappa shape index (κ3) is 9.41. The molecule has 5 rings (SSSR count). The van der Waals surface area contributed by atoms with Crippen LogP contribution in [0.25, 0.3) is 0 Å². The monoisotopic (exact) mass is 701 g/mol. The number of amides is 2. The van der Waals surface area contributed by atoms with Crippen LogP contribution in [0.5, 0.6) is 11.5 Å². The summed E-state index contributed by atoms with van der Waals surface area (Å²) >= 11 is 0. The topological polar surface area (TPSA) is 105 Å². The molecule has 264 valence electrons. The maximum absolute atomic E-state index is 14.7. The molecule has 50 heavy (non-hydrogen) atoms. The van der Waals surface area contributed by atoms with Crippen molar-refractivity contribution in [3.05, 3.63) is 120 Å². The molecule has 0 aromatic heterocycles. The van der Waals surface area contributed by atoms with Crippen molar-refractivity contribution < 1.29 is 31.9 Å². The van der Waals surface area contributed by atoms with Crippen LogP contribution in [0.4, 0.5) is 10.1 Å². The molecule has 0 saturated heterocycles. The zero-order chi connectivity index (χ0) is 35.5. The summed E-state index contributed by atoms with van der Waals surface area (Å²) < 4.78 is 54.5. The van der Waals surface area contributed by atoms with E-state index in [1.807, 2.05) is 43.3 Å². The van der Waals surface area contributed by atoms with E-state index < -0.39 is 34.3 Å². The standard InChI is InChI=1S/C39H44FN3O6S/c1-3-49-34-21-23-36(24-22-34)50(46,47)43(33-19-17-31(40)18-20-33)28-38(44)42(27-30-13-10-16-35(25-30)48-2)37(26-29-11-6-4-7-12-29)39(45)41-32-14-8-5-9-15-32/h4,6-7,10-13,16-25,32,37H,3,5,8-9,14-15,26-28H2,1-2H3,(H,41,45)/t37-/m0/s1. The second-order valence-corrected chi connectivity index (χ2v) is 14.2. The van der Waals surface area contributed by atoms with Crippen LogP contribution in [0.2, 0.25) is 0 Å². The molecule has 0 spiro atoms. The molecule has 1 atom stereocenters. The molecule has 0 aliphatic heterocycles. The molecule has 1 saturated carbocycles. The molecular formula is C39H44FN3O6S. The average molecular weight is 702 g/mol. The van der Waals surface area contributed by atoms with Gasteiger partial charge >= 0.3 is 0 Å². The number of anilines is 1. The van der Waals surface area contributed by atoms with Gasteiger partial charge in [0.25, 0.3) is 10.0 Å². The SMILES string of the molecule is CCOc1ccc(S(=O)(=O)N(CC(=O)N(Cc2cccc(OC)c2)[C@@H](Cc2ccccc2)C(=O)NC2CCCCC2)c2ccc(F)cc2)cc1. The van der Waals surface area contributed by atoms with Crippen molar-refractivity contribution in [1.29, 1.82) is 0 Å². The molecule has 0 unspecified atom stereocenters. The molecule has 9 nitrogen and oxygen atoms in total. The Hall–Kier alpha value is -4.90. The minimum Gasteiger partial charge on any atom is -0.497 e. The first-order chi connectivity index (χ1) is 24.2. The van der Waals surface area contributed by atoms with E-state index >= 15 is 0 Å². The number of halogens is 1. The third-order valence-electron chi connectivity index (χ3n) is 8.83. The lowest BCUT2D eigenvalue weighted by molar-refractivity contribution is -0.140. The van der Waals surface area contributed by atoms with Crippen LogP contribution in [0.15, 0.2) is 108 Å². The van der Waals surface area contributed by atoms with E-state index in [1.165, 1.54) is 29.2 Å². The van der Waals surface area contributed by atoms with Crippen molar-refractivity contribution in [3.8, 4) is 11.5 Å². The highest BCUT2D eigenvalue weighted by atomic mass is 32.2. The van der Waals surface area contributed by atoms with Gasteiger partial charge in [-0.2, -0.15) is 0 Å². The van der Waals surface area contributed by atoms with Crippen LogP contribution >= 0.6 is 0 Å². The van der Waals surface area contributed by atoms with E-state index in [0.717, 1.165) is 54.1 Å². The molecule has 0 radical (unpaired) electrons. The van der Waals surface area contributed by atoms with Crippen LogP contribution in [0.1, 0.15) is 50.2 Å². The van der Waals surface area contributed by atoms with Crippen molar-refractivity contribution in [3.63, 3.8) is 0 Å². The van der Waals surface area contributed by atoms with Crippen LogP contribution in [0.3, 0.4) is 0 Å². The summed E-state index contributed by atoms with van der Waals surface area (Å²) in [7, 11) is -2.81. The van der Waals surface area contributed by atoms with Crippen LogP contribution < -0.4 is 19.1 Å². The average Bonchev–Trinajstić information content (AvgIpc) is 3.13. The fourth-order valence-electron chi connectivity index (χ4n) is 6.20. The van der Waals surface area contributed by atoms with Gasteiger partial charge in [0.15, 0.2) is 0 Å². The summed E-state index contributed by atoms with van der Waals surface area (Å²) in [5.74, 6) is -0.397. The number of ether oxygens (including phenoxy) is 2. The number of benzene rings is 4. The van der Waals surface area contributed by atoms with Crippen molar-refractivity contribution in [2.45, 2.75) is 69.0 Å². The molecule has 1 aliphatic carbocycles. The highest BCUT2D eigenvalue weighted by molar-refractivity contribution is 7.92. The van der Waals surface area contributed by atoms with Gasteiger partial charge in [-0.25, -0.2) is 12.8 Å². The summed E-state index contributed by atoms with van der Waals surface area (Å²) in [6.07, 6.45) is 5.05. The second-order valence-electron chi connectivity index (χ2n) is 12.3. The largest absolute Gasteiger partial charge is 0.497 e. The third-order valence-corrected chi connectivity index (χ3v) is 10.6. The highest BCUT2D eigenvalue weighted by Crippen LogP contribution is 2.27. The van der Waals surface area contributed by atoms with E-state index in [9.17, 15) is 22.4 Å². The van der Waals surface area contributed by atoms with E-state index in [1.54, 1.807) is 37.4 Å². The zero-order valence-corrected chi connectivity index (χ0v) is 29.3. The Labute approximate surface area is 294 Å². The molecule has 11 heteroatoms. The minimum absolute atomic E-state index is 0.00593. The lowest BCUT2D eigenvalue weighted by Crippen LogP contribution is -2.55. The summed E-state index contributed by atoms with van der Waals surface area (Å²) in [4.78, 5) is 30.3. The van der Waals surface area contributed by atoms with Gasteiger partial charge in [0.1, 0.15) is 29.9 Å². The summed E-state index contributed by atoms with van der Waals surface area (Å²) in [6.45, 7) is 1.59. The quantitative estimate of drug-likeness (QED) is 0.152. The number of methoxy groups -OCH3 is 1. The first-order valence-corrected chi connectivity index (χ1v) is 18.4. The molecule has 4 aromatic carbocycles. The highest BCUT2D eigenvalue weighted by Gasteiger charge is 2.35. The zero-order valence-electron chi connectivity index (χ0n) is 28.5. The predicted molar refractivity (Wildman–Crippen MR) is 191 cm³/mol. The maximum Gasteiger partial charge on any atom is 0.264 e. The van der Waals surface area contributed by atoms with Gasteiger partial charge in [0.05, 0.1) is 24.3 Å². The van der Waals surface area contributed by atoms with Gasteiger partial charge in [-0.15, -0.1) is 0 Å². The number of hydrogen-bond donors (Lipinski definition) is 1. The molecule has 0 heterocycles. The summed E-state index contributed by atoms with van der Waals surface area (Å²) in [5.41, 5.74) is 1.64. The lowest BCUT2D eigenvalue weighted by Gasteiger charge is -2.35. The Bertz CT molecular complexity index is 1820. The smallest absolute Gasteiger partial charge is 0.264 e. The molecule has 2 amide bonds. The van der Waals surface area contributed by atoms with Gasteiger partial charge in [0.2, 0.25) is 11.8 Å². The Kier molecular flexibility index (Phi) is 12.5. The van der Waals surface area contributed by atoms with Gasteiger partial charge in [-0.05, 0) is 91.6 Å². The Morgan fingerprint density at radius 2 is 1.54 bits per heavy atom. The Morgan fingerprint density at radius 1 is 0.860 bits per heavy atom. The fraction of sp³-hybridized carbons (Fsp3) is 0.333. The van der Waals surface area contributed by atoms with Crippen molar-refractivity contribution in [1.82, 2.24) is 10.2 Å². The van der Waals surface area contributed by atoms with E-state index in [0.29, 0.717) is 23.7 Å². The second kappa shape index (κ2) is 17.2. The van der Waals surface area contributed by atoms with Gasteiger partial charge in [-0.3, -0.25) is 13.9 Å². The number of nitrogens with one attached hydrogen (secondary N) is 1. The van der Waals surface area contributed by atoms with Gasteiger partial charge in [-0.1, -0.05) is 61.7 Å². The lowest BCUT2D eigenvalue weighted by atomic mass is 9.94. The van der Waals surface area contributed by atoms with Crippen LogP contribution in [-0.4, -0.2) is 57.5 Å². The maximum atomic E-state index is 14.7. The Morgan fingerprint density at radius 3 is 2.20 bits per heavy atom. The number of carbonyl (C=O) groups excluding carboxylic acids is 2. The number of carbonyl (C=O) groups is 2. The fourth-order valence-corrected chi connectivity index (χ4v) is 7.62. The van der Waals surface area contributed by atoms with E-state index in [-0.39, 0.29) is 35.5 Å². The minimum atomic E-state index is -4.35. The Balaban J connectivity index is 1.56. The molecule has 1 aliphatic rings. The molecule has 1 N–H and O–H groups in total. The predicted octanol–water partition coefficient (Wildman–Crippen LogP) is 6.52. The summed E-state index contributed by atoms with van der Waals surface area (Å²) in [6, 6.07) is 26.5.